The lowest BCUT2D eigenvalue weighted by Gasteiger charge is -2.06. The van der Waals surface area contributed by atoms with Crippen molar-refractivity contribution >= 4 is 21.6 Å². The van der Waals surface area contributed by atoms with Crippen molar-refractivity contribution in [2.24, 2.45) is 7.05 Å². The highest BCUT2D eigenvalue weighted by Gasteiger charge is 2.19. The minimum atomic E-state index is -0.417. The molecule has 24 heavy (non-hydrogen) atoms. The van der Waals surface area contributed by atoms with Crippen molar-refractivity contribution in [1.82, 2.24) is 24.5 Å². The Bertz CT molecular complexity index is 1040. The number of thiophene rings is 1. The zero-order valence-corrected chi connectivity index (χ0v) is 13.5. The molecule has 0 aliphatic rings. The van der Waals surface area contributed by atoms with E-state index in [1.54, 1.807) is 28.4 Å². The third kappa shape index (κ3) is 2.27. The summed E-state index contributed by atoms with van der Waals surface area (Å²) in [7, 11) is 1.83. The van der Waals surface area contributed by atoms with Gasteiger partial charge in [0.1, 0.15) is 11.5 Å². The van der Waals surface area contributed by atoms with E-state index in [1.807, 2.05) is 7.05 Å². The van der Waals surface area contributed by atoms with Crippen LogP contribution < -0.4 is 0 Å². The van der Waals surface area contributed by atoms with Gasteiger partial charge in [0.2, 0.25) is 0 Å². The molecule has 0 saturated carbocycles. The maximum absolute atomic E-state index is 14.1. The molecule has 0 amide bonds. The second-order valence-corrected chi connectivity index (χ2v) is 6.05. The number of halogens is 1. The first-order valence-electron chi connectivity index (χ1n) is 7.16. The van der Waals surface area contributed by atoms with Crippen LogP contribution >= 0.6 is 11.3 Å². The number of rotatable bonds is 3. The number of nitrogens with zero attached hydrogens (tertiary/aromatic N) is 5. The van der Waals surface area contributed by atoms with Gasteiger partial charge in [0.05, 0.1) is 22.5 Å². The summed E-state index contributed by atoms with van der Waals surface area (Å²) >= 11 is 1.36. The fourth-order valence-electron chi connectivity index (χ4n) is 2.52. The minimum Gasteiger partial charge on any atom is -0.390 e. The van der Waals surface area contributed by atoms with Crippen molar-refractivity contribution in [3.05, 3.63) is 47.6 Å². The lowest BCUT2D eigenvalue weighted by Crippen LogP contribution is -2.01. The van der Waals surface area contributed by atoms with Crippen LogP contribution in [0.15, 0.2) is 36.1 Å². The third-order valence-electron chi connectivity index (χ3n) is 3.67. The normalized spacial score (nSPS) is 11.3. The average molecular weight is 341 g/mol. The van der Waals surface area contributed by atoms with Crippen LogP contribution in [0.1, 0.15) is 5.69 Å². The van der Waals surface area contributed by atoms with Crippen LogP contribution in [-0.2, 0) is 13.7 Å². The van der Waals surface area contributed by atoms with Gasteiger partial charge in [-0.25, -0.2) is 19.3 Å². The molecule has 0 aromatic carbocycles. The standard InChI is InChI=1S/C16H12FN5OS/c1-22-6-5-19-16(22)15-20-11(7-23)14-13(21-15)9(8-24-14)12-10(17)3-2-4-18-12/h2-6,8,23H,7H2,1H3. The molecule has 0 spiro atoms. The van der Waals surface area contributed by atoms with Gasteiger partial charge in [-0.05, 0) is 12.1 Å². The predicted molar refractivity (Wildman–Crippen MR) is 88.7 cm³/mol. The van der Waals surface area contributed by atoms with Gasteiger partial charge < -0.3 is 9.67 Å². The van der Waals surface area contributed by atoms with Crippen molar-refractivity contribution in [2.45, 2.75) is 6.61 Å². The lowest BCUT2D eigenvalue weighted by atomic mass is 10.1. The van der Waals surface area contributed by atoms with Crippen LogP contribution in [0.5, 0.6) is 0 Å². The number of aliphatic hydroxyl groups is 1. The molecule has 0 aliphatic carbocycles. The number of aromatic nitrogens is 5. The van der Waals surface area contributed by atoms with E-state index in [9.17, 15) is 9.50 Å². The summed E-state index contributed by atoms with van der Waals surface area (Å²) in [6, 6.07) is 2.90. The Morgan fingerprint density at radius 1 is 1.25 bits per heavy atom. The number of aryl methyl sites for hydroxylation is 1. The molecule has 120 valence electrons. The highest BCUT2D eigenvalue weighted by Crippen LogP contribution is 2.35. The maximum atomic E-state index is 14.1. The molecule has 6 nitrogen and oxygen atoms in total. The zero-order chi connectivity index (χ0) is 16.7. The van der Waals surface area contributed by atoms with E-state index >= 15 is 0 Å². The minimum absolute atomic E-state index is 0.233. The zero-order valence-electron chi connectivity index (χ0n) is 12.6. The predicted octanol–water partition coefficient (Wildman–Crippen LogP) is 2.79. The Morgan fingerprint density at radius 3 is 2.83 bits per heavy atom. The number of pyridine rings is 1. The molecule has 4 heterocycles. The Kier molecular flexibility index (Phi) is 3.55. The summed E-state index contributed by atoms with van der Waals surface area (Å²) in [4.78, 5) is 17.3. The Labute approximate surface area is 140 Å². The number of imidazole rings is 1. The molecule has 0 aliphatic heterocycles. The summed E-state index contributed by atoms with van der Waals surface area (Å²) in [5, 5.41) is 11.4. The smallest absolute Gasteiger partial charge is 0.196 e. The largest absolute Gasteiger partial charge is 0.390 e. The molecule has 0 radical (unpaired) electrons. The van der Waals surface area contributed by atoms with E-state index in [2.05, 4.69) is 19.9 Å². The molecular formula is C16H12FN5OS. The molecule has 0 unspecified atom stereocenters. The lowest BCUT2D eigenvalue weighted by molar-refractivity contribution is 0.279. The Hall–Kier alpha value is -2.71. The molecule has 4 aromatic rings. The molecule has 0 saturated heterocycles. The molecule has 0 fully saturated rings. The third-order valence-corrected chi connectivity index (χ3v) is 4.69. The Balaban J connectivity index is 2.01. The van der Waals surface area contributed by atoms with Crippen LogP contribution in [0.25, 0.3) is 33.1 Å². The van der Waals surface area contributed by atoms with Gasteiger partial charge in [0, 0.05) is 36.6 Å². The highest BCUT2D eigenvalue weighted by atomic mass is 32.1. The van der Waals surface area contributed by atoms with Crippen LogP contribution in [0.2, 0.25) is 0 Å². The van der Waals surface area contributed by atoms with Gasteiger partial charge in [-0.2, -0.15) is 0 Å². The van der Waals surface area contributed by atoms with E-state index < -0.39 is 5.82 Å². The second-order valence-electron chi connectivity index (χ2n) is 5.17. The monoisotopic (exact) mass is 341 g/mol. The SMILES string of the molecule is Cn1ccnc1-c1nc(CO)c2scc(-c3ncccc3F)c2n1. The number of hydrogen-bond acceptors (Lipinski definition) is 6. The van der Waals surface area contributed by atoms with E-state index in [-0.39, 0.29) is 12.3 Å². The quantitative estimate of drug-likeness (QED) is 0.620. The molecule has 0 atom stereocenters. The maximum Gasteiger partial charge on any atom is 0.196 e. The molecule has 4 aromatic heterocycles. The summed E-state index contributed by atoms with van der Waals surface area (Å²) in [5.74, 6) is 0.542. The molecule has 8 heteroatoms. The average Bonchev–Trinajstić information content (AvgIpc) is 3.20. The Morgan fingerprint density at radius 2 is 2.12 bits per heavy atom. The second kappa shape index (κ2) is 5.73. The highest BCUT2D eigenvalue weighted by molar-refractivity contribution is 7.17. The van der Waals surface area contributed by atoms with Crippen molar-refractivity contribution in [1.29, 1.82) is 0 Å². The van der Waals surface area contributed by atoms with Gasteiger partial charge in [-0.15, -0.1) is 11.3 Å². The van der Waals surface area contributed by atoms with Gasteiger partial charge in [0.25, 0.3) is 0 Å². The van der Waals surface area contributed by atoms with Crippen LogP contribution in [0.4, 0.5) is 4.39 Å². The van der Waals surface area contributed by atoms with Gasteiger partial charge in [-0.3, -0.25) is 4.98 Å². The number of hydrogen-bond donors (Lipinski definition) is 1. The van der Waals surface area contributed by atoms with E-state index in [0.717, 1.165) is 4.70 Å². The number of aliphatic hydroxyl groups excluding tert-OH is 1. The van der Waals surface area contributed by atoms with Gasteiger partial charge >= 0.3 is 0 Å². The fraction of sp³-hybridized carbons (Fsp3) is 0.125. The molecule has 4 rings (SSSR count). The summed E-state index contributed by atoms with van der Waals surface area (Å²) in [5.41, 5.74) is 1.87. The van der Waals surface area contributed by atoms with Crippen molar-refractivity contribution in [3.8, 4) is 22.9 Å². The fourth-order valence-corrected chi connectivity index (χ4v) is 3.49. The molecular weight excluding hydrogens is 329 g/mol. The van der Waals surface area contributed by atoms with Crippen molar-refractivity contribution in [3.63, 3.8) is 0 Å². The van der Waals surface area contributed by atoms with Crippen molar-refractivity contribution in [2.75, 3.05) is 0 Å². The van der Waals surface area contributed by atoms with E-state index in [1.165, 1.54) is 23.6 Å². The van der Waals surface area contributed by atoms with E-state index in [4.69, 9.17) is 0 Å². The van der Waals surface area contributed by atoms with Crippen molar-refractivity contribution < 1.29 is 9.50 Å². The van der Waals surface area contributed by atoms with Crippen LogP contribution in [0, 0.1) is 5.82 Å². The van der Waals surface area contributed by atoms with Crippen LogP contribution in [0.3, 0.4) is 0 Å². The summed E-state index contributed by atoms with van der Waals surface area (Å²) in [6.07, 6.45) is 4.97. The number of fused-ring (bicyclic) bond motifs is 1. The van der Waals surface area contributed by atoms with Gasteiger partial charge in [0.15, 0.2) is 11.6 Å². The van der Waals surface area contributed by atoms with Crippen LogP contribution in [-0.4, -0.2) is 29.6 Å². The van der Waals surface area contributed by atoms with Gasteiger partial charge in [-0.1, -0.05) is 0 Å². The summed E-state index contributed by atoms with van der Waals surface area (Å²) in [6.45, 7) is -0.235. The first-order chi connectivity index (χ1) is 11.7. The summed E-state index contributed by atoms with van der Waals surface area (Å²) < 4.78 is 16.6. The molecule has 1 N–H and O–H groups in total. The molecule has 0 bridgehead atoms. The first-order valence-corrected chi connectivity index (χ1v) is 8.04. The topological polar surface area (TPSA) is 76.7 Å². The van der Waals surface area contributed by atoms with E-state index in [0.29, 0.717) is 28.4 Å². The first kappa shape index (κ1) is 14.9.